The number of aryl methyl sites for hydroxylation is 1. The predicted octanol–water partition coefficient (Wildman–Crippen LogP) is 1.79. The fraction of sp³-hybridized carbons (Fsp3) is 0.417. The third-order valence-electron chi connectivity index (χ3n) is 2.62. The number of benzene rings is 1. The Balaban J connectivity index is 2.98. The van der Waals surface area contributed by atoms with Gasteiger partial charge in [-0.2, -0.15) is 0 Å². The fourth-order valence-corrected chi connectivity index (χ4v) is 1.89. The summed E-state index contributed by atoms with van der Waals surface area (Å²) in [5.74, 6) is 0.518. The van der Waals surface area contributed by atoms with Crippen molar-refractivity contribution in [1.82, 2.24) is 5.32 Å². The summed E-state index contributed by atoms with van der Waals surface area (Å²) in [4.78, 5) is 11.3. The van der Waals surface area contributed by atoms with Gasteiger partial charge in [-0.3, -0.25) is 4.79 Å². The van der Waals surface area contributed by atoms with E-state index in [1.54, 1.807) is 20.2 Å². The third-order valence-corrected chi connectivity index (χ3v) is 2.92. The summed E-state index contributed by atoms with van der Waals surface area (Å²) < 4.78 is 5.11. The molecule has 1 aromatic carbocycles. The minimum absolute atomic E-state index is 0.0937. The number of amides is 1. The van der Waals surface area contributed by atoms with Gasteiger partial charge in [-0.25, -0.2) is 0 Å². The number of nitrogens with one attached hydrogen (secondary N) is 1. The molecule has 1 atom stereocenters. The van der Waals surface area contributed by atoms with E-state index in [9.17, 15) is 4.79 Å². The summed E-state index contributed by atoms with van der Waals surface area (Å²) >= 11 is 6.03. The zero-order valence-corrected chi connectivity index (χ0v) is 11.0. The van der Waals surface area contributed by atoms with Gasteiger partial charge in [0.25, 0.3) is 0 Å². The molecule has 5 heteroatoms. The van der Waals surface area contributed by atoms with Crippen LogP contribution in [0.2, 0.25) is 5.02 Å². The van der Waals surface area contributed by atoms with Crippen molar-refractivity contribution in [2.24, 2.45) is 5.73 Å². The molecule has 0 aromatic heterocycles. The number of nitrogens with two attached hydrogens (primary N) is 1. The lowest BCUT2D eigenvalue weighted by Gasteiger charge is -2.16. The van der Waals surface area contributed by atoms with Gasteiger partial charge >= 0.3 is 0 Å². The normalized spacial score (nSPS) is 12.1. The Morgan fingerprint density at radius 2 is 2.24 bits per heavy atom. The number of carbonyl (C=O) groups is 1. The molecule has 3 N–H and O–H groups in total. The van der Waals surface area contributed by atoms with E-state index < -0.39 is 0 Å². The number of ether oxygens (including phenoxy) is 1. The number of hydrogen-bond acceptors (Lipinski definition) is 3. The average Bonchev–Trinajstić information content (AvgIpc) is 2.31. The summed E-state index contributed by atoms with van der Waals surface area (Å²) in [6.07, 6.45) is 0.236. The third kappa shape index (κ3) is 3.35. The lowest BCUT2D eigenvalue weighted by atomic mass is 9.99. The van der Waals surface area contributed by atoms with Crippen LogP contribution in [0.25, 0.3) is 0 Å². The van der Waals surface area contributed by atoms with Crippen LogP contribution >= 0.6 is 11.6 Å². The minimum atomic E-state index is -0.363. The molecule has 0 heterocycles. The molecule has 1 rings (SSSR count). The second-order valence-electron chi connectivity index (χ2n) is 3.83. The molecular weight excluding hydrogens is 240 g/mol. The molecule has 1 unspecified atom stereocenters. The van der Waals surface area contributed by atoms with Gasteiger partial charge in [-0.15, -0.1) is 0 Å². The van der Waals surface area contributed by atoms with E-state index in [1.165, 1.54) is 0 Å². The van der Waals surface area contributed by atoms with Crippen molar-refractivity contribution >= 4 is 17.5 Å². The van der Waals surface area contributed by atoms with E-state index in [0.29, 0.717) is 10.8 Å². The van der Waals surface area contributed by atoms with Crippen LogP contribution in [-0.2, 0) is 4.79 Å². The first-order valence-electron chi connectivity index (χ1n) is 5.29. The molecule has 4 nitrogen and oxygen atoms in total. The summed E-state index contributed by atoms with van der Waals surface area (Å²) in [7, 11) is 3.15. The Morgan fingerprint density at radius 1 is 1.59 bits per heavy atom. The van der Waals surface area contributed by atoms with Crippen molar-refractivity contribution in [3.05, 3.63) is 28.3 Å². The highest BCUT2D eigenvalue weighted by Gasteiger charge is 2.15. The number of methoxy groups -OCH3 is 1. The zero-order valence-electron chi connectivity index (χ0n) is 10.2. The quantitative estimate of drug-likeness (QED) is 0.863. The van der Waals surface area contributed by atoms with Crippen LogP contribution in [0, 0.1) is 6.92 Å². The van der Waals surface area contributed by atoms with E-state index in [4.69, 9.17) is 22.1 Å². The Hall–Kier alpha value is -1.26. The lowest BCUT2D eigenvalue weighted by Crippen LogP contribution is -2.24. The molecule has 0 bridgehead atoms. The minimum Gasteiger partial charge on any atom is -0.495 e. The Morgan fingerprint density at radius 3 is 2.76 bits per heavy atom. The monoisotopic (exact) mass is 256 g/mol. The summed E-state index contributed by atoms with van der Waals surface area (Å²) in [5.41, 5.74) is 7.79. The molecular formula is C12H17ClN2O2. The zero-order chi connectivity index (χ0) is 13.0. The maximum absolute atomic E-state index is 11.3. The molecule has 0 fully saturated rings. The molecule has 17 heavy (non-hydrogen) atoms. The molecule has 0 saturated carbocycles. The van der Waals surface area contributed by atoms with Crippen LogP contribution in [0.15, 0.2) is 12.1 Å². The maximum atomic E-state index is 11.3. The maximum Gasteiger partial charge on any atom is 0.221 e. The highest BCUT2D eigenvalue weighted by atomic mass is 35.5. The molecule has 1 amide bonds. The van der Waals surface area contributed by atoms with E-state index >= 15 is 0 Å². The van der Waals surface area contributed by atoms with Gasteiger partial charge in [0.2, 0.25) is 5.91 Å². The van der Waals surface area contributed by atoms with Crippen molar-refractivity contribution in [3.8, 4) is 5.75 Å². The summed E-state index contributed by atoms with van der Waals surface area (Å²) in [5, 5.41) is 3.05. The van der Waals surface area contributed by atoms with E-state index in [0.717, 1.165) is 11.1 Å². The van der Waals surface area contributed by atoms with Crippen molar-refractivity contribution in [2.75, 3.05) is 14.2 Å². The van der Waals surface area contributed by atoms with E-state index in [-0.39, 0.29) is 18.4 Å². The smallest absolute Gasteiger partial charge is 0.221 e. The van der Waals surface area contributed by atoms with Gasteiger partial charge < -0.3 is 15.8 Å². The van der Waals surface area contributed by atoms with Gasteiger partial charge in [0.05, 0.1) is 12.1 Å². The molecule has 0 radical (unpaired) electrons. The topological polar surface area (TPSA) is 64.4 Å². The van der Waals surface area contributed by atoms with Crippen LogP contribution < -0.4 is 15.8 Å². The summed E-state index contributed by atoms with van der Waals surface area (Å²) in [6.45, 7) is 1.91. The first kappa shape index (κ1) is 13.8. The van der Waals surface area contributed by atoms with Gasteiger partial charge in [-0.1, -0.05) is 11.6 Å². The number of hydrogen-bond donors (Lipinski definition) is 2. The van der Waals surface area contributed by atoms with Crippen molar-refractivity contribution < 1.29 is 9.53 Å². The Kier molecular flexibility index (Phi) is 4.78. The largest absolute Gasteiger partial charge is 0.495 e. The standard InChI is InChI=1S/C12H17ClN2O2/c1-7-4-11(17-3)9(13)5-8(7)10(14)6-12(16)15-2/h4-5,10H,6,14H2,1-3H3,(H,15,16). The first-order chi connectivity index (χ1) is 7.99. The molecule has 1 aromatic rings. The number of carbonyl (C=O) groups excluding carboxylic acids is 1. The highest BCUT2D eigenvalue weighted by molar-refractivity contribution is 6.32. The van der Waals surface area contributed by atoms with Crippen LogP contribution in [0.4, 0.5) is 0 Å². The highest BCUT2D eigenvalue weighted by Crippen LogP contribution is 2.30. The van der Waals surface area contributed by atoms with Crippen LogP contribution in [-0.4, -0.2) is 20.1 Å². The summed E-state index contributed by atoms with van der Waals surface area (Å²) in [6, 6.07) is 3.21. The van der Waals surface area contributed by atoms with Crippen molar-refractivity contribution in [2.45, 2.75) is 19.4 Å². The van der Waals surface area contributed by atoms with Crippen LogP contribution in [0.3, 0.4) is 0 Å². The van der Waals surface area contributed by atoms with Crippen LogP contribution in [0.5, 0.6) is 5.75 Å². The molecule has 0 spiro atoms. The fourth-order valence-electron chi connectivity index (χ4n) is 1.64. The van der Waals surface area contributed by atoms with E-state index in [2.05, 4.69) is 5.32 Å². The lowest BCUT2D eigenvalue weighted by molar-refractivity contribution is -0.120. The predicted molar refractivity (Wildman–Crippen MR) is 68.4 cm³/mol. The molecule has 0 aliphatic rings. The van der Waals surface area contributed by atoms with Crippen LogP contribution in [0.1, 0.15) is 23.6 Å². The van der Waals surface area contributed by atoms with Gasteiger partial charge in [0, 0.05) is 19.5 Å². The second kappa shape index (κ2) is 5.89. The molecule has 94 valence electrons. The Labute approximate surface area is 106 Å². The van der Waals surface area contributed by atoms with Crippen molar-refractivity contribution in [1.29, 1.82) is 0 Å². The van der Waals surface area contributed by atoms with Gasteiger partial charge in [-0.05, 0) is 30.2 Å². The molecule has 0 aliphatic heterocycles. The average molecular weight is 257 g/mol. The number of rotatable bonds is 4. The van der Waals surface area contributed by atoms with E-state index in [1.807, 2.05) is 13.0 Å². The Bertz CT molecular complexity index is 421. The number of halogens is 1. The van der Waals surface area contributed by atoms with Gasteiger partial charge in [0.1, 0.15) is 5.75 Å². The second-order valence-corrected chi connectivity index (χ2v) is 4.23. The molecule has 0 aliphatic carbocycles. The molecule has 0 saturated heterocycles. The first-order valence-corrected chi connectivity index (χ1v) is 5.67. The van der Waals surface area contributed by atoms with Crippen molar-refractivity contribution in [3.63, 3.8) is 0 Å². The van der Waals surface area contributed by atoms with Gasteiger partial charge in [0.15, 0.2) is 0 Å². The SMILES string of the molecule is CNC(=O)CC(N)c1cc(Cl)c(OC)cc1C.